The summed E-state index contributed by atoms with van der Waals surface area (Å²) in [5.74, 6) is 0.675. The minimum atomic E-state index is -3.49. The monoisotopic (exact) mass is 477 g/mol. The summed E-state index contributed by atoms with van der Waals surface area (Å²) in [6.07, 6.45) is 5.83. The Morgan fingerprint density at radius 2 is 1.85 bits per heavy atom. The molecule has 4 rings (SSSR count). The van der Waals surface area contributed by atoms with E-state index in [2.05, 4.69) is 4.98 Å². The Hall–Kier alpha value is -3.65. The lowest BCUT2D eigenvalue weighted by molar-refractivity contribution is 0.314. The van der Waals surface area contributed by atoms with Crippen molar-refractivity contribution in [3.8, 4) is 5.75 Å². The first kappa shape index (κ1) is 23.5. The zero-order chi connectivity index (χ0) is 24.1. The maximum absolute atomic E-state index is 12.7. The van der Waals surface area contributed by atoms with Gasteiger partial charge in [-0.2, -0.15) is 0 Å². The summed E-state index contributed by atoms with van der Waals surface area (Å²) in [6, 6.07) is 20.2. The van der Waals surface area contributed by atoms with Crippen molar-refractivity contribution in [2.45, 2.75) is 12.8 Å². The number of pyridine rings is 2. The highest BCUT2D eigenvalue weighted by Gasteiger charge is 2.20. The molecule has 2 heterocycles. The maximum atomic E-state index is 12.7. The quantitative estimate of drug-likeness (QED) is 0.343. The zero-order valence-corrected chi connectivity index (χ0v) is 20.0. The number of nitrogens with zero attached hydrogens (tertiary/aromatic N) is 3. The van der Waals surface area contributed by atoms with Crippen LogP contribution in [-0.4, -0.2) is 37.4 Å². The van der Waals surface area contributed by atoms with Crippen LogP contribution in [0.2, 0.25) is 0 Å². The van der Waals surface area contributed by atoms with E-state index < -0.39 is 10.0 Å². The Labute approximate surface area is 199 Å². The van der Waals surface area contributed by atoms with Crippen molar-refractivity contribution in [3.63, 3.8) is 0 Å². The number of aryl methyl sites for hydroxylation is 1. The van der Waals surface area contributed by atoms with Gasteiger partial charge in [0.25, 0.3) is 5.56 Å². The number of fused-ring (bicyclic) bond motifs is 1. The van der Waals surface area contributed by atoms with Gasteiger partial charge >= 0.3 is 0 Å². The smallest absolute Gasteiger partial charge is 0.250 e. The fraction of sp³-hybridized carbons (Fsp3) is 0.231. The molecule has 0 spiro atoms. The molecule has 0 saturated carbocycles. The van der Waals surface area contributed by atoms with E-state index in [-0.39, 0.29) is 5.56 Å². The van der Waals surface area contributed by atoms with Crippen LogP contribution in [0.1, 0.15) is 17.5 Å². The predicted octanol–water partition coefficient (Wildman–Crippen LogP) is 3.76. The molecule has 0 unspecified atom stereocenters. The van der Waals surface area contributed by atoms with Crippen LogP contribution in [0.5, 0.6) is 5.75 Å². The highest BCUT2D eigenvalue weighted by Crippen LogP contribution is 2.26. The molecule has 7 nitrogen and oxygen atoms in total. The number of anilines is 1. The summed E-state index contributed by atoms with van der Waals surface area (Å²) in [5, 5.41) is 0.904. The zero-order valence-electron chi connectivity index (χ0n) is 19.2. The number of sulfonamides is 1. The number of para-hydroxylation sites is 1. The number of aromatic nitrogens is 2. The molecule has 0 radical (unpaired) electrons. The van der Waals surface area contributed by atoms with Crippen LogP contribution in [0.3, 0.4) is 0 Å². The van der Waals surface area contributed by atoms with E-state index in [1.54, 1.807) is 30.1 Å². The number of hydrogen-bond donors (Lipinski definition) is 0. The largest absolute Gasteiger partial charge is 0.494 e. The van der Waals surface area contributed by atoms with Gasteiger partial charge in [0.1, 0.15) is 5.75 Å². The van der Waals surface area contributed by atoms with Gasteiger partial charge in [0, 0.05) is 50.3 Å². The minimum absolute atomic E-state index is 0.0640. The van der Waals surface area contributed by atoms with Crippen LogP contribution >= 0.6 is 0 Å². The predicted molar refractivity (Wildman–Crippen MR) is 135 cm³/mol. The van der Waals surface area contributed by atoms with Crippen molar-refractivity contribution < 1.29 is 13.2 Å². The van der Waals surface area contributed by atoms with Crippen molar-refractivity contribution in [1.82, 2.24) is 9.55 Å². The van der Waals surface area contributed by atoms with Crippen LogP contribution < -0.4 is 14.6 Å². The Morgan fingerprint density at radius 1 is 1.03 bits per heavy atom. The molecule has 0 aliphatic heterocycles. The summed E-state index contributed by atoms with van der Waals surface area (Å²) >= 11 is 0. The second-order valence-corrected chi connectivity index (χ2v) is 10.1. The van der Waals surface area contributed by atoms with Crippen LogP contribution in [-0.2, 0) is 23.5 Å². The van der Waals surface area contributed by atoms with Gasteiger partial charge in [0.05, 0.1) is 24.1 Å². The Bertz CT molecular complexity index is 1450. The lowest BCUT2D eigenvalue weighted by Crippen LogP contribution is -2.32. The van der Waals surface area contributed by atoms with Crippen LogP contribution in [0.15, 0.2) is 83.9 Å². The standard InChI is InChI=1S/C26H27N3O4S/c1-28-24-12-11-23(18-22(24)10-13-26(28)30)33-16-6-15-29(34(2,31)32)25-9-4-3-8-21(25)17-20-7-5-14-27-19-20/h3-5,7-14,18-19H,6,15-17H2,1-2H3. The number of benzene rings is 2. The molecule has 0 bridgehead atoms. The molecular weight excluding hydrogens is 450 g/mol. The molecule has 0 atom stereocenters. The molecule has 0 aliphatic rings. The van der Waals surface area contributed by atoms with E-state index in [0.29, 0.717) is 37.4 Å². The van der Waals surface area contributed by atoms with Gasteiger partial charge in [0.2, 0.25) is 10.0 Å². The van der Waals surface area contributed by atoms with Gasteiger partial charge in [-0.05, 0) is 47.5 Å². The highest BCUT2D eigenvalue weighted by molar-refractivity contribution is 7.92. The maximum Gasteiger partial charge on any atom is 0.250 e. The fourth-order valence-corrected chi connectivity index (χ4v) is 4.94. The third-order valence-corrected chi connectivity index (χ3v) is 6.83. The van der Waals surface area contributed by atoms with Crippen molar-refractivity contribution in [3.05, 3.63) is 101 Å². The molecule has 0 fully saturated rings. The van der Waals surface area contributed by atoms with Crippen molar-refractivity contribution in [1.29, 1.82) is 0 Å². The van der Waals surface area contributed by atoms with E-state index in [9.17, 15) is 13.2 Å². The summed E-state index contributed by atoms with van der Waals surface area (Å²) in [6.45, 7) is 0.652. The Morgan fingerprint density at radius 3 is 2.62 bits per heavy atom. The molecule has 2 aromatic carbocycles. The molecule has 0 amide bonds. The van der Waals surface area contributed by atoms with E-state index in [4.69, 9.17) is 4.74 Å². The summed E-state index contributed by atoms with van der Waals surface area (Å²) < 4.78 is 34.2. The van der Waals surface area contributed by atoms with Crippen LogP contribution in [0.25, 0.3) is 10.9 Å². The fourth-order valence-electron chi connectivity index (χ4n) is 3.94. The summed E-state index contributed by atoms with van der Waals surface area (Å²) in [7, 11) is -1.75. The van der Waals surface area contributed by atoms with Crippen molar-refractivity contribution in [2.24, 2.45) is 7.05 Å². The molecule has 176 valence electrons. The van der Waals surface area contributed by atoms with Gasteiger partial charge in [-0.15, -0.1) is 0 Å². The molecule has 4 aromatic rings. The first-order valence-corrected chi connectivity index (χ1v) is 12.8. The third kappa shape index (κ3) is 5.46. The average Bonchev–Trinajstić information content (AvgIpc) is 2.82. The Balaban J connectivity index is 1.46. The SMILES string of the molecule is Cn1c(=O)ccc2cc(OCCCN(c3ccccc3Cc3cccnc3)S(C)(=O)=O)ccc21. The molecule has 34 heavy (non-hydrogen) atoms. The average molecular weight is 478 g/mol. The molecule has 0 aliphatic carbocycles. The van der Waals surface area contributed by atoms with Gasteiger partial charge in [0.15, 0.2) is 0 Å². The normalized spacial score (nSPS) is 11.5. The van der Waals surface area contributed by atoms with Crippen LogP contribution in [0, 0.1) is 0 Å². The van der Waals surface area contributed by atoms with Gasteiger partial charge in [-0.25, -0.2) is 8.42 Å². The first-order chi connectivity index (χ1) is 16.3. The van der Waals surface area contributed by atoms with Gasteiger partial charge in [-0.1, -0.05) is 24.3 Å². The Kier molecular flexibility index (Phi) is 6.98. The number of hydrogen-bond acceptors (Lipinski definition) is 5. The molecule has 0 saturated heterocycles. The molecule has 8 heteroatoms. The van der Waals surface area contributed by atoms with E-state index in [1.165, 1.54) is 16.6 Å². The topological polar surface area (TPSA) is 81.5 Å². The van der Waals surface area contributed by atoms with Crippen LogP contribution in [0.4, 0.5) is 5.69 Å². The summed E-state index contributed by atoms with van der Waals surface area (Å²) in [5.41, 5.74) is 3.36. The first-order valence-electron chi connectivity index (χ1n) is 11.0. The van der Waals surface area contributed by atoms with Crippen molar-refractivity contribution >= 4 is 26.6 Å². The number of ether oxygens (including phenoxy) is 1. The lowest BCUT2D eigenvalue weighted by Gasteiger charge is -2.25. The van der Waals surface area contributed by atoms with E-state index in [1.807, 2.05) is 54.6 Å². The molecule has 2 aromatic heterocycles. The molecular formula is C26H27N3O4S. The van der Waals surface area contributed by atoms with E-state index >= 15 is 0 Å². The van der Waals surface area contributed by atoms with Gasteiger partial charge < -0.3 is 9.30 Å². The van der Waals surface area contributed by atoms with E-state index in [0.717, 1.165) is 22.0 Å². The second-order valence-electron chi connectivity index (χ2n) is 8.16. The second kappa shape index (κ2) is 10.1. The minimum Gasteiger partial charge on any atom is -0.494 e. The van der Waals surface area contributed by atoms with Crippen molar-refractivity contribution in [2.75, 3.05) is 23.7 Å². The lowest BCUT2D eigenvalue weighted by atomic mass is 10.0. The highest BCUT2D eigenvalue weighted by atomic mass is 32.2. The third-order valence-electron chi connectivity index (χ3n) is 5.65. The summed E-state index contributed by atoms with van der Waals surface area (Å²) in [4.78, 5) is 15.9. The molecule has 0 N–H and O–H groups in total. The van der Waals surface area contributed by atoms with Gasteiger partial charge in [-0.3, -0.25) is 14.1 Å². The number of rotatable bonds is 9.